The molecule has 0 fully saturated rings. The summed E-state index contributed by atoms with van der Waals surface area (Å²) in [5.74, 6) is -4.34. The molecule has 1 aromatic rings. The molecule has 0 heterocycles. The van der Waals surface area contributed by atoms with Gasteiger partial charge in [0.2, 0.25) is 0 Å². The third kappa shape index (κ3) is 5.31. The van der Waals surface area contributed by atoms with Crippen LogP contribution in [0.4, 0.5) is 0 Å². The maximum absolute atomic E-state index is 10.8. The van der Waals surface area contributed by atoms with Crippen LogP contribution in [0.25, 0.3) is 0 Å². The van der Waals surface area contributed by atoms with Gasteiger partial charge in [-0.05, 0) is 17.9 Å². The number of carbonyl (C=O) groups is 2. The Morgan fingerprint density at radius 1 is 1.12 bits per heavy atom. The monoisotopic (exact) mass is 262 g/mol. The average molecular weight is 262 g/mol. The van der Waals surface area contributed by atoms with Gasteiger partial charge in [0.05, 0.1) is 0 Å². The second kappa shape index (κ2) is 8.00. The van der Waals surface area contributed by atoms with Crippen molar-refractivity contribution < 1.29 is 19.8 Å². The molecule has 0 aliphatic carbocycles. The Morgan fingerprint density at radius 2 is 1.59 bits per heavy atom. The molecule has 1 aromatic carbocycles. The van der Waals surface area contributed by atoms with Crippen LogP contribution in [0.5, 0.6) is 0 Å². The Balaban J connectivity index is 0.00000256. The summed E-state index contributed by atoms with van der Waals surface area (Å²) < 4.78 is 0. The molecule has 0 bridgehead atoms. The molecule has 88 valence electrons. The molecule has 0 aromatic heterocycles. The molecular weight excluding hydrogens is 247 g/mol. The van der Waals surface area contributed by atoms with Crippen molar-refractivity contribution in [3.05, 3.63) is 35.9 Å². The van der Waals surface area contributed by atoms with Crippen molar-refractivity contribution in [2.75, 3.05) is 0 Å². The molecule has 4 nitrogen and oxygen atoms in total. The number of rotatable bonds is 5. The number of benzene rings is 1. The second-order valence-electron chi connectivity index (χ2n) is 3.82. The van der Waals surface area contributed by atoms with Crippen molar-refractivity contribution in [3.8, 4) is 0 Å². The van der Waals surface area contributed by atoms with Gasteiger partial charge in [-0.15, -0.1) is 0 Å². The van der Waals surface area contributed by atoms with Gasteiger partial charge in [0, 0.05) is 0 Å². The summed E-state index contributed by atoms with van der Waals surface area (Å²) >= 11 is 0. The van der Waals surface area contributed by atoms with Crippen LogP contribution in [0.2, 0.25) is 0 Å². The normalized spacial score (nSPS) is 11.6. The predicted molar refractivity (Wildman–Crippen MR) is 65.2 cm³/mol. The number of carboxylic acid groups (broad SMARTS) is 2. The molecule has 0 aliphatic heterocycles. The minimum atomic E-state index is -1.35. The summed E-state index contributed by atoms with van der Waals surface area (Å²) in [6.07, 6.45) is 0.449. The van der Waals surface area contributed by atoms with Crippen LogP contribution in [0.1, 0.15) is 12.5 Å². The van der Waals surface area contributed by atoms with Gasteiger partial charge < -0.3 is 10.2 Å². The van der Waals surface area contributed by atoms with Crippen LogP contribution < -0.4 is 0 Å². The van der Waals surface area contributed by atoms with E-state index in [0.29, 0.717) is 6.42 Å². The molecule has 0 spiro atoms. The van der Waals surface area contributed by atoms with Gasteiger partial charge in [-0.25, -0.2) is 0 Å². The van der Waals surface area contributed by atoms with Crippen molar-refractivity contribution in [1.82, 2.24) is 0 Å². The van der Waals surface area contributed by atoms with Crippen molar-refractivity contribution in [3.63, 3.8) is 0 Å². The van der Waals surface area contributed by atoms with Crippen LogP contribution in [0.3, 0.4) is 0 Å². The first-order valence-corrected chi connectivity index (χ1v) is 5.02. The molecule has 17 heavy (non-hydrogen) atoms. The van der Waals surface area contributed by atoms with Crippen LogP contribution in [0, 0.1) is 11.8 Å². The predicted octanol–water partition coefficient (Wildman–Crippen LogP) is 1.00. The standard InChI is InChI=1S/C12H14O4.K.H/c1-8(10(11(13)14)12(15)16)7-9-5-3-2-4-6-9;;/h2-6,8,10H,7H2,1H3,(H,13,14)(H,15,16);;. The summed E-state index contributed by atoms with van der Waals surface area (Å²) in [4.78, 5) is 21.6. The van der Waals surface area contributed by atoms with E-state index in [-0.39, 0.29) is 51.4 Å². The molecule has 0 saturated carbocycles. The molecular formula is C12H15KO4. The van der Waals surface area contributed by atoms with E-state index in [2.05, 4.69) is 0 Å². The molecule has 1 rings (SSSR count). The van der Waals surface area contributed by atoms with E-state index in [1.165, 1.54) is 0 Å². The molecule has 0 saturated heterocycles. The zero-order valence-corrected chi connectivity index (χ0v) is 8.96. The summed E-state index contributed by atoms with van der Waals surface area (Å²) in [5.41, 5.74) is 0.947. The van der Waals surface area contributed by atoms with Crippen LogP contribution >= 0.6 is 0 Å². The first-order chi connectivity index (χ1) is 7.52. The van der Waals surface area contributed by atoms with E-state index in [4.69, 9.17) is 10.2 Å². The van der Waals surface area contributed by atoms with E-state index in [1.807, 2.05) is 30.3 Å². The summed E-state index contributed by atoms with van der Waals surface area (Å²) in [7, 11) is 0. The zero-order valence-electron chi connectivity index (χ0n) is 8.96. The Kier molecular flexibility index (Phi) is 7.90. The first-order valence-electron chi connectivity index (χ1n) is 5.02. The summed E-state index contributed by atoms with van der Waals surface area (Å²) in [5, 5.41) is 17.6. The second-order valence-corrected chi connectivity index (χ2v) is 3.82. The number of hydrogen-bond acceptors (Lipinski definition) is 2. The number of hydrogen-bond donors (Lipinski definition) is 2. The van der Waals surface area contributed by atoms with E-state index in [9.17, 15) is 9.59 Å². The van der Waals surface area contributed by atoms with Gasteiger partial charge >= 0.3 is 63.3 Å². The van der Waals surface area contributed by atoms with Crippen molar-refractivity contribution >= 4 is 63.3 Å². The Morgan fingerprint density at radius 3 is 2.00 bits per heavy atom. The maximum atomic E-state index is 10.8. The fraction of sp³-hybridized carbons (Fsp3) is 0.333. The topological polar surface area (TPSA) is 74.6 Å². The zero-order chi connectivity index (χ0) is 12.1. The van der Waals surface area contributed by atoms with Gasteiger partial charge in [-0.3, -0.25) is 9.59 Å². The molecule has 1 atom stereocenters. The van der Waals surface area contributed by atoms with Gasteiger partial charge in [0.1, 0.15) is 0 Å². The quantitative estimate of drug-likeness (QED) is 0.613. The summed E-state index contributed by atoms with van der Waals surface area (Å²) in [6.45, 7) is 1.64. The first kappa shape index (κ1) is 16.8. The van der Waals surface area contributed by atoms with Crippen LogP contribution in [0.15, 0.2) is 30.3 Å². The molecule has 0 radical (unpaired) electrons. The Bertz CT molecular complexity index is 363. The van der Waals surface area contributed by atoms with Crippen molar-refractivity contribution in [1.29, 1.82) is 0 Å². The molecule has 0 aliphatic rings. The fourth-order valence-electron chi connectivity index (χ4n) is 1.70. The molecule has 1 unspecified atom stereocenters. The summed E-state index contributed by atoms with van der Waals surface area (Å²) in [6, 6.07) is 9.27. The third-order valence-electron chi connectivity index (χ3n) is 2.50. The van der Waals surface area contributed by atoms with Gasteiger partial charge in [0.25, 0.3) is 0 Å². The Labute approximate surface area is 142 Å². The van der Waals surface area contributed by atoms with E-state index in [0.717, 1.165) is 5.56 Å². The minimum absolute atomic E-state index is 0. The van der Waals surface area contributed by atoms with Gasteiger partial charge in [-0.1, -0.05) is 37.3 Å². The fourth-order valence-corrected chi connectivity index (χ4v) is 1.70. The van der Waals surface area contributed by atoms with Gasteiger partial charge in [0.15, 0.2) is 5.92 Å². The van der Waals surface area contributed by atoms with Crippen LogP contribution in [-0.4, -0.2) is 73.5 Å². The third-order valence-corrected chi connectivity index (χ3v) is 2.50. The molecule has 5 heteroatoms. The SMILES string of the molecule is CC(Cc1ccccc1)C(C(=O)O)C(=O)O.[KH]. The number of aliphatic carboxylic acids is 2. The molecule has 2 N–H and O–H groups in total. The van der Waals surface area contributed by atoms with Gasteiger partial charge in [-0.2, -0.15) is 0 Å². The van der Waals surface area contributed by atoms with Crippen molar-refractivity contribution in [2.45, 2.75) is 13.3 Å². The Hall–Kier alpha value is -0.204. The molecule has 0 amide bonds. The average Bonchev–Trinajstić information content (AvgIpc) is 2.17. The van der Waals surface area contributed by atoms with E-state index < -0.39 is 23.8 Å². The van der Waals surface area contributed by atoms with E-state index >= 15 is 0 Å². The van der Waals surface area contributed by atoms with E-state index in [1.54, 1.807) is 6.92 Å². The van der Waals surface area contributed by atoms with Crippen molar-refractivity contribution in [2.24, 2.45) is 11.8 Å². The van der Waals surface area contributed by atoms with Crippen LogP contribution in [-0.2, 0) is 16.0 Å². The number of carboxylic acids is 2.